The van der Waals surface area contributed by atoms with Crippen molar-refractivity contribution < 1.29 is 9.90 Å². The van der Waals surface area contributed by atoms with E-state index in [0.717, 1.165) is 51.1 Å². The Bertz CT molecular complexity index is 338. The van der Waals surface area contributed by atoms with Gasteiger partial charge in [-0.2, -0.15) is 0 Å². The van der Waals surface area contributed by atoms with Gasteiger partial charge in [0.2, 0.25) is 0 Å². The summed E-state index contributed by atoms with van der Waals surface area (Å²) in [6.45, 7) is 7.24. The Morgan fingerprint density at radius 2 is 2.09 bits per heavy atom. The maximum Gasteiger partial charge on any atom is 0.314 e. The normalized spacial score (nSPS) is 30.0. The zero-order chi connectivity index (χ0) is 15.8. The van der Waals surface area contributed by atoms with E-state index in [1.54, 1.807) is 0 Å². The summed E-state index contributed by atoms with van der Waals surface area (Å²) in [6.07, 6.45) is 7.44. The Balaban J connectivity index is 1.49. The van der Waals surface area contributed by atoms with E-state index in [1.807, 2.05) is 0 Å². The molecule has 0 spiro atoms. The molecule has 128 valence electrons. The van der Waals surface area contributed by atoms with E-state index in [4.69, 9.17) is 0 Å². The molecule has 1 aliphatic heterocycles. The molecule has 2 rings (SSSR count). The Kier molecular flexibility index (Phi) is 7.46. The largest absolute Gasteiger partial charge is 0.393 e. The second kappa shape index (κ2) is 9.36. The molecule has 5 nitrogen and oxygen atoms in total. The molecule has 2 fully saturated rings. The van der Waals surface area contributed by atoms with Crippen LogP contribution in [0.25, 0.3) is 0 Å². The number of hydrogen-bond donors (Lipinski definition) is 3. The molecule has 0 bridgehead atoms. The monoisotopic (exact) mass is 311 g/mol. The summed E-state index contributed by atoms with van der Waals surface area (Å²) in [4.78, 5) is 14.3. The smallest absolute Gasteiger partial charge is 0.314 e. The molecule has 2 aliphatic rings. The maximum absolute atomic E-state index is 11.8. The summed E-state index contributed by atoms with van der Waals surface area (Å²) < 4.78 is 0. The predicted octanol–water partition coefficient (Wildman–Crippen LogP) is 1.96. The molecule has 5 heteroatoms. The quantitative estimate of drug-likeness (QED) is 0.657. The first-order valence-electron chi connectivity index (χ1n) is 9.05. The minimum absolute atomic E-state index is 0.0629. The minimum Gasteiger partial charge on any atom is -0.393 e. The van der Waals surface area contributed by atoms with Gasteiger partial charge in [0.05, 0.1) is 6.10 Å². The van der Waals surface area contributed by atoms with Crippen molar-refractivity contribution in [2.24, 2.45) is 11.8 Å². The lowest BCUT2D eigenvalue weighted by molar-refractivity contribution is 0.101. The topological polar surface area (TPSA) is 64.6 Å². The molecule has 1 saturated carbocycles. The van der Waals surface area contributed by atoms with Gasteiger partial charge in [0.25, 0.3) is 0 Å². The van der Waals surface area contributed by atoms with Crippen LogP contribution < -0.4 is 10.6 Å². The Labute approximate surface area is 134 Å². The van der Waals surface area contributed by atoms with E-state index >= 15 is 0 Å². The SMILES string of the molecule is CC1CCCN(CCCNC(=O)NCC2CCCC(O)C2)C1. The first-order valence-corrected chi connectivity index (χ1v) is 9.05. The Hall–Kier alpha value is -0.810. The second-order valence-corrected chi connectivity index (χ2v) is 7.22. The van der Waals surface area contributed by atoms with Crippen LogP contribution in [0.15, 0.2) is 0 Å². The van der Waals surface area contributed by atoms with Crippen molar-refractivity contribution in [1.29, 1.82) is 0 Å². The fourth-order valence-electron chi connectivity index (χ4n) is 3.74. The fraction of sp³-hybridized carbons (Fsp3) is 0.941. The van der Waals surface area contributed by atoms with E-state index in [2.05, 4.69) is 22.5 Å². The summed E-state index contributed by atoms with van der Waals surface area (Å²) in [5, 5.41) is 15.5. The fourth-order valence-corrected chi connectivity index (χ4v) is 3.74. The van der Waals surface area contributed by atoms with Crippen molar-refractivity contribution >= 4 is 6.03 Å². The van der Waals surface area contributed by atoms with E-state index in [9.17, 15) is 9.90 Å². The molecular weight excluding hydrogens is 278 g/mol. The lowest BCUT2D eigenvalue weighted by atomic mass is 9.87. The standard InChI is InChI=1S/C17H33N3O2/c1-14-5-3-9-20(13-14)10-4-8-18-17(22)19-12-15-6-2-7-16(21)11-15/h14-16,21H,2-13H2,1H3,(H2,18,19,22). The van der Waals surface area contributed by atoms with E-state index in [0.29, 0.717) is 12.5 Å². The van der Waals surface area contributed by atoms with Gasteiger partial charge >= 0.3 is 6.03 Å². The van der Waals surface area contributed by atoms with Crippen molar-refractivity contribution in [2.75, 3.05) is 32.7 Å². The molecule has 2 amide bonds. The first kappa shape index (κ1) is 17.5. The maximum atomic E-state index is 11.8. The van der Waals surface area contributed by atoms with Gasteiger partial charge in [0, 0.05) is 19.6 Å². The molecule has 3 N–H and O–H groups in total. The number of piperidine rings is 1. The van der Waals surface area contributed by atoms with Crippen molar-refractivity contribution in [3.63, 3.8) is 0 Å². The number of carbonyl (C=O) groups is 1. The summed E-state index contributed by atoms with van der Waals surface area (Å²) in [6, 6.07) is -0.0629. The highest BCUT2D eigenvalue weighted by atomic mass is 16.3. The van der Waals surface area contributed by atoms with Crippen LogP contribution in [0.4, 0.5) is 4.79 Å². The van der Waals surface area contributed by atoms with Gasteiger partial charge in [-0.15, -0.1) is 0 Å². The van der Waals surface area contributed by atoms with Crippen LogP contribution in [0.1, 0.15) is 51.9 Å². The average molecular weight is 311 g/mol. The average Bonchev–Trinajstić information content (AvgIpc) is 2.50. The summed E-state index contributed by atoms with van der Waals surface area (Å²) in [7, 11) is 0. The lowest BCUT2D eigenvalue weighted by Gasteiger charge is -2.30. The van der Waals surface area contributed by atoms with Crippen LogP contribution >= 0.6 is 0 Å². The number of nitrogens with one attached hydrogen (secondary N) is 2. The number of carbonyl (C=O) groups excluding carboxylic acids is 1. The van der Waals surface area contributed by atoms with Gasteiger partial charge in [-0.25, -0.2) is 4.79 Å². The number of rotatable bonds is 6. The minimum atomic E-state index is -0.171. The van der Waals surface area contributed by atoms with Crippen LogP contribution in [0.5, 0.6) is 0 Å². The lowest BCUT2D eigenvalue weighted by Crippen LogP contribution is -2.41. The van der Waals surface area contributed by atoms with Crippen LogP contribution in [-0.2, 0) is 0 Å². The predicted molar refractivity (Wildman–Crippen MR) is 88.8 cm³/mol. The first-order chi connectivity index (χ1) is 10.6. The molecule has 3 atom stereocenters. The summed E-state index contributed by atoms with van der Waals surface area (Å²) in [5.41, 5.74) is 0. The summed E-state index contributed by atoms with van der Waals surface area (Å²) in [5.74, 6) is 1.25. The zero-order valence-electron chi connectivity index (χ0n) is 14.0. The van der Waals surface area contributed by atoms with Crippen molar-refractivity contribution in [3.8, 4) is 0 Å². The highest BCUT2D eigenvalue weighted by Crippen LogP contribution is 2.23. The van der Waals surface area contributed by atoms with Gasteiger partial charge in [0.1, 0.15) is 0 Å². The highest BCUT2D eigenvalue weighted by molar-refractivity contribution is 5.73. The van der Waals surface area contributed by atoms with E-state index < -0.39 is 0 Å². The van der Waals surface area contributed by atoms with Crippen LogP contribution in [0.2, 0.25) is 0 Å². The molecule has 1 aliphatic carbocycles. The van der Waals surface area contributed by atoms with Gasteiger partial charge < -0.3 is 20.6 Å². The second-order valence-electron chi connectivity index (χ2n) is 7.22. The molecule has 0 aromatic rings. The Morgan fingerprint density at radius 1 is 1.23 bits per heavy atom. The van der Waals surface area contributed by atoms with E-state index in [1.165, 1.54) is 25.9 Å². The number of likely N-dealkylation sites (tertiary alicyclic amines) is 1. The van der Waals surface area contributed by atoms with Crippen molar-refractivity contribution in [1.82, 2.24) is 15.5 Å². The molecule has 1 heterocycles. The highest BCUT2D eigenvalue weighted by Gasteiger charge is 2.20. The Morgan fingerprint density at radius 3 is 2.86 bits per heavy atom. The molecule has 1 saturated heterocycles. The molecule has 0 aromatic heterocycles. The number of urea groups is 1. The van der Waals surface area contributed by atoms with Gasteiger partial charge in [-0.1, -0.05) is 13.3 Å². The third kappa shape index (κ3) is 6.53. The van der Waals surface area contributed by atoms with Crippen molar-refractivity contribution in [3.05, 3.63) is 0 Å². The third-order valence-corrected chi connectivity index (χ3v) is 4.98. The van der Waals surface area contributed by atoms with Gasteiger partial charge in [-0.3, -0.25) is 0 Å². The molecule has 3 unspecified atom stereocenters. The van der Waals surface area contributed by atoms with Crippen LogP contribution in [0.3, 0.4) is 0 Å². The number of nitrogens with zero attached hydrogens (tertiary/aromatic N) is 1. The van der Waals surface area contributed by atoms with Crippen LogP contribution in [-0.4, -0.2) is 54.9 Å². The van der Waals surface area contributed by atoms with Gasteiger partial charge in [-0.05, 0) is 63.5 Å². The van der Waals surface area contributed by atoms with Gasteiger partial charge in [0.15, 0.2) is 0 Å². The van der Waals surface area contributed by atoms with E-state index in [-0.39, 0.29) is 12.1 Å². The molecule has 22 heavy (non-hydrogen) atoms. The summed E-state index contributed by atoms with van der Waals surface area (Å²) >= 11 is 0. The number of aliphatic hydroxyl groups excluding tert-OH is 1. The number of aliphatic hydroxyl groups is 1. The molecule has 0 radical (unpaired) electrons. The number of hydrogen-bond acceptors (Lipinski definition) is 3. The molecule has 0 aromatic carbocycles. The molecular formula is C17H33N3O2. The zero-order valence-corrected chi connectivity index (χ0v) is 14.0. The van der Waals surface area contributed by atoms with Crippen LogP contribution in [0, 0.1) is 11.8 Å². The van der Waals surface area contributed by atoms with Crippen molar-refractivity contribution in [2.45, 2.75) is 58.0 Å². The third-order valence-electron chi connectivity index (χ3n) is 4.98. The number of amides is 2.